The van der Waals surface area contributed by atoms with E-state index in [1.54, 1.807) is 5.57 Å². The highest BCUT2D eigenvalue weighted by molar-refractivity contribution is 5.23. The molecule has 0 aliphatic heterocycles. The van der Waals surface area contributed by atoms with Crippen molar-refractivity contribution >= 4 is 0 Å². The van der Waals surface area contributed by atoms with E-state index in [0.717, 1.165) is 5.92 Å². The normalized spacial score (nSPS) is 15.7. The minimum Gasteiger partial charge on any atom is -0.0805 e. The zero-order valence-electron chi connectivity index (χ0n) is 5.52. The van der Waals surface area contributed by atoms with Gasteiger partial charge in [0.2, 0.25) is 0 Å². The first-order valence-corrected chi connectivity index (χ1v) is 3.16. The van der Waals surface area contributed by atoms with Crippen molar-refractivity contribution in [2.75, 3.05) is 0 Å². The summed E-state index contributed by atoms with van der Waals surface area (Å²) in [5.74, 6) is 0.741. The van der Waals surface area contributed by atoms with Gasteiger partial charge in [0.15, 0.2) is 0 Å². The van der Waals surface area contributed by atoms with E-state index in [4.69, 9.17) is 0 Å². The van der Waals surface area contributed by atoms with Gasteiger partial charge in [-0.1, -0.05) is 45.1 Å². The lowest BCUT2D eigenvalue weighted by atomic mass is 10.0. The summed E-state index contributed by atoms with van der Waals surface area (Å²) in [5.41, 5.74) is 1.56. The lowest BCUT2D eigenvalue weighted by Gasteiger charge is -2.02. The molecular formula is C9H16. The summed E-state index contributed by atoms with van der Waals surface area (Å²) in [7, 11) is 0. The summed E-state index contributed by atoms with van der Waals surface area (Å²) < 4.78 is 0. The summed E-state index contributed by atoms with van der Waals surface area (Å²) >= 11 is 0. The Balaban J connectivity index is 0.000000640. The molecule has 1 aliphatic rings. The average Bonchev–Trinajstić information content (AvgIpc) is 2.12. The van der Waals surface area contributed by atoms with Crippen molar-refractivity contribution in [3.8, 4) is 0 Å². The van der Waals surface area contributed by atoms with Crippen LogP contribution in [0.2, 0.25) is 0 Å². The van der Waals surface area contributed by atoms with E-state index in [0.29, 0.717) is 0 Å². The van der Waals surface area contributed by atoms with Gasteiger partial charge in [0, 0.05) is 0 Å². The maximum atomic E-state index is 2.23. The first-order chi connectivity index (χ1) is 3.80. The molecule has 0 unspecified atom stereocenters. The van der Waals surface area contributed by atoms with Gasteiger partial charge in [-0.25, -0.2) is 0 Å². The van der Waals surface area contributed by atoms with Crippen LogP contribution in [0, 0.1) is 5.92 Å². The number of rotatable bonds is 1. The second-order valence-electron chi connectivity index (χ2n) is 2.53. The maximum absolute atomic E-state index is 2.23. The first kappa shape index (κ1) is 8.48. The van der Waals surface area contributed by atoms with E-state index in [1.165, 1.54) is 6.42 Å². The third-order valence-corrected chi connectivity index (χ3v) is 1.54. The van der Waals surface area contributed by atoms with E-state index < -0.39 is 0 Å². The standard InChI is InChI=1S/C8H12.CH4/c1-7(2)8-5-3-4-6-8;/h3-5,7H,6H2,1-2H3;1H4. The van der Waals surface area contributed by atoms with Crippen molar-refractivity contribution in [3.05, 3.63) is 23.8 Å². The highest BCUT2D eigenvalue weighted by Crippen LogP contribution is 2.18. The Hall–Kier alpha value is -0.520. The van der Waals surface area contributed by atoms with Gasteiger partial charge in [-0.05, 0) is 12.3 Å². The van der Waals surface area contributed by atoms with Gasteiger partial charge in [-0.2, -0.15) is 0 Å². The molecule has 1 rings (SSSR count). The number of hydrogen-bond acceptors (Lipinski definition) is 0. The van der Waals surface area contributed by atoms with Crippen LogP contribution in [0.1, 0.15) is 27.7 Å². The zero-order chi connectivity index (χ0) is 5.98. The Morgan fingerprint density at radius 2 is 2.11 bits per heavy atom. The lowest BCUT2D eigenvalue weighted by molar-refractivity contribution is 0.753. The minimum atomic E-state index is 0. The Morgan fingerprint density at radius 3 is 2.33 bits per heavy atom. The molecule has 0 nitrogen and oxygen atoms in total. The first-order valence-electron chi connectivity index (χ1n) is 3.16. The third-order valence-electron chi connectivity index (χ3n) is 1.54. The predicted octanol–water partition coefficient (Wildman–Crippen LogP) is 3.16. The minimum absolute atomic E-state index is 0. The van der Waals surface area contributed by atoms with Crippen LogP contribution in [0.5, 0.6) is 0 Å². The van der Waals surface area contributed by atoms with Gasteiger partial charge in [-0.15, -0.1) is 0 Å². The van der Waals surface area contributed by atoms with Crippen LogP contribution in [0.4, 0.5) is 0 Å². The molecule has 52 valence electrons. The second-order valence-corrected chi connectivity index (χ2v) is 2.53. The van der Waals surface area contributed by atoms with Crippen molar-refractivity contribution in [2.45, 2.75) is 27.7 Å². The van der Waals surface area contributed by atoms with E-state index in [1.807, 2.05) is 0 Å². The molecule has 0 radical (unpaired) electrons. The maximum Gasteiger partial charge on any atom is -0.0130 e. The molecule has 0 atom stereocenters. The molecule has 0 saturated heterocycles. The molecule has 0 saturated carbocycles. The van der Waals surface area contributed by atoms with Crippen molar-refractivity contribution in [1.29, 1.82) is 0 Å². The van der Waals surface area contributed by atoms with Crippen molar-refractivity contribution in [3.63, 3.8) is 0 Å². The van der Waals surface area contributed by atoms with Crippen LogP contribution in [0.25, 0.3) is 0 Å². The fourth-order valence-corrected chi connectivity index (χ4v) is 0.892. The predicted molar refractivity (Wildman–Crippen MR) is 43.4 cm³/mol. The van der Waals surface area contributed by atoms with Crippen LogP contribution in [0.15, 0.2) is 23.8 Å². The Kier molecular flexibility index (Phi) is 3.29. The average molecular weight is 124 g/mol. The molecule has 0 aromatic heterocycles. The molecule has 0 aromatic rings. The summed E-state index contributed by atoms with van der Waals surface area (Å²) in [4.78, 5) is 0. The van der Waals surface area contributed by atoms with Gasteiger partial charge in [0.1, 0.15) is 0 Å². The van der Waals surface area contributed by atoms with Crippen LogP contribution >= 0.6 is 0 Å². The summed E-state index contributed by atoms with van der Waals surface area (Å²) in [6, 6.07) is 0. The van der Waals surface area contributed by atoms with E-state index in [-0.39, 0.29) is 7.43 Å². The topological polar surface area (TPSA) is 0 Å². The number of hydrogen-bond donors (Lipinski definition) is 0. The van der Waals surface area contributed by atoms with Crippen LogP contribution in [-0.4, -0.2) is 0 Å². The Bertz CT molecular complexity index is 127. The number of allylic oxidation sites excluding steroid dienone is 4. The monoisotopic (exact) mass is 124 g/mol. The van der Waals surface area contributed by atoms with E-state index >= 15 is 0 Å². The molecule has 1 aliphatic carbocycles. The SMILES string of the molecule is C.CC(C)C1=CC=CC1. The summed E-state index contributed by atoms with van der Waals surface area (Å²) in [6.07, 6.45) is 7.73. The largest absolute Gasteiger partial charge is 0.0805 e. The quantitative estimate of drug-likeness (QED) is 0.503. The lowest BCUT2D eigenvalue weighted by Crippen LogP contribution is -1.88. The highest BCUT2D eigenvalue weighted by Gasteiger charge is 2.01. The summed E-state index contributed by atoms with van der Waals surface area (Å²) in [5, 5.41) is 0. The third kappa shape index (κ3) is 2.05. The molecule has 0 bridgehead atoms. The van der Waals surface area contributed by atoms with Gasteiger partial charge in [0.05, 0.1) is 0 Å². The van der Waals surface area contributed by atoms with Gasteiger partial charge in [-0.3, -0.25) is 0 Å². The Morgan fingerprint density at radius 1 is 1.44 bits per heavy atom. The molecule has 9 heavy (non-hydrogen) atoms. The zero-order valence-corrected chi connectivity index (χ0v) is 5.52. The molecule has 0 heteroatoms. The van der Waals surface area contributed by atoms with Crippen LogP contribution < -0.4 is 0 Å². The molecule has 0 spiro atoms. The second kappa shape index (κ2) is 3.49. The van der Waals surface area contributed by atoms with Gasteiger partial charge < -0.3 is 0 Å². The van der Waals surface area contributed by atoms with Crippen molar-refractivity contribution < 1.29 is 0 Å². The highest BCUT2D eigenvalue weighted by atomic mass is 14.1. The molecule has 0 heterocycles. The van der Waals surface area contributed by atoms with Crippen molar-refractivity contribution in [1.82, 2.24) is 0 Å². The molecule has 0 aromatic carbocycles. The fraction of sp³-hybridized carbons (Fsp3) is 0.556. The van der Waals surface area contributed by atoms with Crippen LogP contribution in [-0.2, 0) is 0 Å². The molecule has 0 N–H and O–H groups in total. The van der Waals surface area contributed by atoms with Crippen LogP contribution in [0.3, 0.4) is 0 Å². The van der Waals surface area contributed by atoms with Crippen molar-refractivity contribution in [2.24, 2.45) is 5.92 Å². The Labute approximate surface area is 58.3 Å². The smallest absolute Gasteiger partial charge is 0.0130 e. The molecule has 0 fully saturated rings. The fourth-order valence-electron chi connectivity index (χ4n) is 0.892. The summed E-state index contributed by atoms with van der Waals surface area (Å²) in [6.45, 7) is 4.47. The van der Waals surface area contributed by atoms with Gasteiger partial charge >= 0.3 is 0 Å². The molecule has 0 amide bonds. The van der Waals surface area contributed by atoms with E-state index in [9.17, 15) is 0 Å². The van der Waals surface area contributed by atoms with Gasteiger partial charge in [0.25, 0.3) is 0 Å². The van der Waals surface area contributed by atoms with E-state index in [2.05, 4.69) is 32.1 Å². The molecular weight excluding hydrogens is 108 g/mol.